The fraction of sp³-hybridized carbons (Fsp3) is 0.0189. The van der Waals surface area contributed by atoms with Gasteiger partial charge in [-0.15, -0.1) is 0 Å². The van der Waals surface area contributed by atoms with Gasteiger partial charge in [0.1, 0.15) is 26.0 Å². The van der Waals surface area contributed by atoms with Gasteiger partial charge in [-0.05, 0) is 72.0 Å². The third-order valence-corrected chi connectivity index (χ3v) is 11.2. The van der Waals surface area contributed by atoms with Crippen molar-refractivity contribution in [3.8, 4) is 22.3 Å². The molecule has 0 unspecified atom stereocenters. The molecule has 0 fully saturated rings. The Morgan fingerprint density at radius 1 is 0.500 bits per heavy atom. The summed E-state index contributed by atoms with van der Waals surface area (Å²) in [6.07, 6.45) is 0. The molecule has 0 aromatic heterocycles. The first-order valence-corrected chi connectivity index (χ1v) is 19.4. The number of para-hydroxylation sites is 1. The second-order valence-electron chi connectivity index (χ2n) is 14.5. The molecule has 0 atom stereocenters. The van der Waals surface area contributed by atoms with Crippen molar-refractivity contribution in [2.45, 2.75) is 0 Å². The van der Waals surface area contributed by atoms with Crippen molar-refractivity contribution < 1.29 is 15.3 Å². The van der Waals surface area contributed by atoms with Crippen molar-refractivity contribution in [1.29, 1.82) is 0 Å². The van der Waals surface area contributed by atoms with Gasteiger partial charge in [-0.25, -0.2) is 0 Å². The number of aliphatic hydroxyl groups excluding tert-OH is 3. The molecule has 0 spiro atoms. The van der Waals surface area contributed by atoms with Crippen LogP contribution in [0, 0.1) is 0 Å². The Kier molecular flexibility index (Phi) is 9.58. The molecule has 4 nitrogen and oxygen atoms in total. The number of allylic oxidation sites excluding steroid dienone is 2. The van der Waals surface area contributed by atoms with E-state index in [1.54, 1.807) is 7.85 Å². The monoisotopic (exact) mass is 749 g/mol. The van der Waals surface area contributed by atoms with Crippen LogP contribution < -0.4 is 4.90 Å². The van der Waals surface area contributed by atoms with E-state index < -0.39 is 6.61 Å². The van der Waals surface area contributed by atoms with Crippen LogP contribution in [0.3, 0.4) is 0 Å². The average Bonchev–Trinajstić information content (AvgIpc) is 3.29. The van der Waals surface area contributed by atoms with Gasteiger partial charge in [0.15, 0.2) is 0 Å². The Morgan fingerprint density at radius 3 is 1.64 bits per heavy atom. The standard InChI is InChI=1S/C53H40BNO3/c1-34(55(46-31-17-16-24-39(46)35-18-4-2-5-19-35)47-32-37-22-8-9-23-38(37)40-25-10-13-28-43(40)47)53(58)52(54)51(48(57)33-56)50-45-30-15-12-27-42(45)41-26-11-14-29-44(41)49(50)36-20-6-3-7-21-36/h2-32,56-58H,1,33,54H2/b51-48+,53-52-. The summed E-state index contributed by atoms with van der Waals surface area (Å²) in [4.78, 5) is 2.03. The molecular formula is C53H40BNO3. The molecule has 9 rings (SSSR count). The van der Waals surface area contributed by atoms with Gasteiger partial charge in [-0.3, -0.25) is 0 Å². The van der Waals surface area contributed by atoms with Gasteiger partial charge in [0.25, 0.3) is 0 Å². The van der Waals surface area contributed by atoms with Gasteiger partial charge >= 0.3 is 0 Å². The summed E-state index contributed by atoms with van der Waals surface area (Å²) < 4.78 is 0. The summed E-state index contributed by atoms with van der Waals surface area (Å²) in [5.74, 6) is -0.395. The molecule has 0 aliphatic heterocycles. The smallest absolute Gasteiger partial charge is 0.145 e. The fourth-order valence-electron chi connectivity index (χ4n) is 8.54. The number of anilines is 2. The zero-order valence-corrected chi connectivity index (χ0v) is 32.1. The third-order valence-electron chi connectivity index (χ3n) is 11.2. The van der Waals surface area contributed by atoms with Gasteiger partial charge in [0.2, 0.25) is 0 Å². The molecule has 0 aliphatic carbocycles. The molecule has 0 bridgehead atoms. The molecule has 0 aliphatic rings. The zero-order valence-electron chi connectivity index (χ0n) is 32.1. The second kappa shape index (κ2) is 15.3. The van der Waals surface area contributed by atoms with Crippen molar-refractivity contribution in [3.63, 3.8) is 0 Å². The van der Waals surface area contributed by atoms with Gasteiger partial charge in [0.05, 0.1) is 17.1 Å². The first-order valence-electron chi connectivity index (χ1n) is 19.4. The first-order chi connectivity index (χ1) is 28.5. The van der Waals surface area contributed by atoms with Gasteiger partial charge < -0.3 is 20.2 Å². The molecule has 3 N–H and O–H groups in total. The number of aliphatic hydroxyl groups is 3. The fourth-order valence-corrected chi connectivity index (χ4v) is 8.54. The first kappa shape index (κ1) is 36.3. The maximum Gasteiger partial charge on any atom is 0.145 e. The minimum Gasteiger partial charge on any atom is -0.509 e. The van der Waals surface area contributed by atoms with E-state index in [0.29, 0.717) is 22.3 Å². The Bertz CT molecular complexity index is 3100. The lowest BCUT2D eigenvalue weighted by Crippen LogP contribution is -2.20. The van der Waals surface area contributed by atoms with E-state index in [9.17, 15) is 15.3 Å². The Balaban J connectivity index is 1.35. The highest BCUT2D eigenvalue weighted by atomic mass is 16.3. The number of benzene rings is 9. The third kappa shape index (κ3) is 6.19. The van der Waals surface area contributed by atoms with E-state index in [1.807, 2.05) is 108 Å². The van der Waals surface area contributed by atoms with Crippen LogP contribution in [0.1, 0.15) is 5.56 Å². The molecule has 5 heteroatoms. The molecule has 9 aromatic carbocycles. The van der Waals surface area contributed by atoms with Crippen LogP contribution in [0.25, 0.3) is 70.9 Å². The summed E-state index contributed by atoms with van der Waals surface area (Å²) in [5, 5.41) is 43.7. The summed E-state index contributed by atoms with van der Waals surface area (Å²) in [6.45, 7) is 4.01. The molecule has 0 amide bonds. The van der Waals surface area contributed by atoms with Crippen molar-refractivity contribution >= 4 is 67.9 Å². The highest BCUT2D eigenvalue weighted by molar-refractivity contribution is 6.34. The van der Waals surface area contributed by atoms with Crippen molar-refractivity contribution in [2.24, 2.45) is 0 Å². The van der Waals surface area contributed by atoms with E-state index in [-0.39, 0.29) is 11.5 Å². The number of hydrogen-bond acceptors (Lipinski definition) is 4. The largest absolute Gasteiger partial charge is 0.509 e. The van der Waals surface area contributed by atoms with Crippen LogP contribution in [0.15, 0.2) is 217 Å². The Labute approximate surface area is 338 Å². The van der Waals surface area contributed by atoms with Crippen LogP contribution in [0.2, 0.25) is 0 Å². The Hall–Kier alpha value is -7.34. The minimum absolute atomic E-state index is 0.133. The molecule has 0 radical (unpaired) electrons. The van der Waals surface area contributed by atoms with Gasteiger partial charge in [-0.1, -0.05) is 183 Å². The quantitative estimate of drug-likeness (QED) is 0.0595. The highest BCUT2D eigenvalue weighted by Gasteiger charge is 2.28. The molecule has 58 heavy (non-hydrogen) atoms. The van der Waals surface area contributed by atoms with E-state index in [1.165, 1.54) is 0 Å². The molecule has 0 saturated carbocycles. The van der Waals surface area contributed by atoms with E-state index in [2.05, 4.69) is 91.5 Å². The number of nitrogens with zero attached hydrogens (tertiary/aromatic N) is 1. The SMILES string of the molecule is BC(/C(=C(/O)CO)c1c(-c2ccccc2)c2ccccc2c2ccccc12)=C(\O)C(=C)N(c1ccccc1-c1ccccc1)c1cc2ccccc2c2ccccc12. The predicted molar refractivity (Wildman–Crippen MR) is 246 cm³/mol. The van der Waals surface area contributed by atoms with Crippen molar-refractivity contribution in [1.82, 2.24) is 0 Å². The molecule has 9 aromatic rings. The lowest BCUT2D eigenvalue weighted by atomic mass is 9.76. The molecule has 0 heterocycles. The Morgan fingerprint density at radius 2 is 0.983 bits per heavy atom. The average molecular weight is 750 g/mol. The number of rotatable bonds is 9. The van der Waals surface area contributed by atoms with Crippen LogP contribution in [-0.2, 0) is 0 Å². The number of fused-ring (bicyclic) bond motifs is 6. The van der Waals surface area contributed by atoms with Crippen LogP contribution in [0.4, 0.5) is 11.4 Å². The normalized spacial score (nSPS) is 12.4. The molecular weight excluding hydrogens is 709 g/mol. The minimum atomic E-state index is -0.641. The summed E-state index contributed by atoms with van der Waals surface area (Å²) >= 11 is 0. The maximum absolute atomic E-state index is 12.9. The molecule has 278 valence electrons. The number of hydrogen-bond donors (Lipinski definition) is 3. The van der Waals surface area contributed by atoms with Crippen LogP contribution in [0.5, 0.6) is 0 Å². The lowest BCUT2D eigenvalue weighted by Gasteiger charge is -2.31. The topological polar surface area (TPSA) is 63.9 Å². The maximum atomic E-state index is 12.9. The van der Waals surface area contributed by atoms with Crippen molar-refractivity contribution in [3.05, 3.63) is 223 Å². The predicted octanol–water partition coefficient (Wildman–Crippen LogP) is 12.6. The lowest BCUT2D eigenvalue weighted by molar-refractivity contribution is 0.255. The second-order valence-corrected chi connectivity index (χ2v) is 14.5. The van der Waals surface area contributed by atoms with Gasteiger partial charge in [-0.2, -0.15) is 0 Å². The summed E-state index contributed by atoms with van der Waals surface area (Å²) in [5.41, 5.74) is 7.14. The van der Waals surface area contributed by atoms with Gasteiger partial charge in [0, 0.05) is 22.1 Å². The van der Waals surface area contributed by atoms with Crippen molar-refractivity contribution in [2.75, 3.05) is 11.5 Å². The van der Waals surface area contributed by atoms with E-state index in [4.69, 9.17) is 0 Å². The summed E-state index contributed by atoms with van der Waals surface area (Å²) in [7, 11) is 1.79. The van der Waals surface area contributed by atoms with E-state index in [0.717, 1.165) is 76.7 Å². The van der Waals surface area contributed by atoms with E-state index >= 15 is 0 Å². The van der Waals surface area contributed by atoms with Crippen LogP contribution in [-0.4, -0.2) is 29.8 Å². The highest BCUT2D eigenvalue weighted by Crippen LogP contribution is 2.47. The van der Waals surface area contributed by atoms with Crippen LogP contribution >= 0.6 is 0 Å². The summed E-state index contributed by atoms with van der Waals surface area (Å²) in [6, 6.07) is 63.5. The zero-order chi connectivity index (χ0) is 39.8. The molecule has 0 saturated heterocycles.